The quantitative estimate of drug-likeness (QED) is 0.397. The van der Waals surface area contributed by atoms with Crippen LogP contribution < -0.4 is 5.32 Å². The van der Waals surface area contributed by atoms with Crippen LogP contribution in [0.4, 0.5) is 10.2 Å². The summed E-state index contributed by atoms with van der Waals surface area (Å²) in [5.74, 6) is 1.27. The van der Waals surface area contributed by atoms with Crippen LogP contribution in [-0.2, 0) is 22.4 Å². The third-order valence-electron chi connectivity index (χ3n) is 5.83. The molecule has 2 aliphatic rings. The van der Waals surface area contributed by atoms with E-state index in [0.29, 0.717) is 12.8 Å². The van der Waals surface area contributed by atoms with Crippen molar-refractivity contribution in [3.8, 4) is 0 Å². The Morgan fingerprint density at radius 3 is 2.85 bits per heavy atom. The number of halogens is 1. The number of hydrogen-bond acceptors (Lipinski definition) is 6. The molecule has 34 heavy (non-hydrogen) atoms. The summed E-state index contributed by atoms with van der Waals surface area (Å²) in [6, 6.07) is 0. The molecule has 1 aromatic heterocycles. The molecule has 0 atom stereocenters. The van der Waals surface area contributed by atoms with E-state index in [1.165, 1.54) is 18.2 Å². The summed E-state index contributed by atoms with van der Waals surface area (Å²) >= 11 is 0. The molecule has 8 nitrogen and oxygen atoms in total. The minimum atomic E-state index is -0.370. The second-order valence-corrected chi connectivity index (χ2v) is 8.28. The zero-order valence-electron chi connectivity index (χ0n) is 20.2. The first-order valence-electron chi connectivity index (χ1n) is 11.7. The molecule has 1 saturated heterocycles. The molecule has 0 spiro atoms. The Balaban J connectivity index is 1.66. The van der Waals surface area contributed by atoms with Crippen LogP contribution in [0.25, 0.3) is 5.70 Å². The van der Waals surface area contributed by atoms with E-state index in [0.717, 1.165) is 68.8 Å². The highest BCUT2D eigenvalue weighted by Crippen LogP contribution is 2.25. The average Bonchev–Trinajstić information content (AvgIpc) is 3.07. The van der Waals surface area contributed by atoms with Gasteiger partial charge < -0.3 is 15.0 Å². The number of ether oxygens (including phenoxy) is 1. The van der Waals surface area contributed by atoms with E-state index in [9.17, 15) is 9.18 Å². The van der Waals surface area contributed by atoms with E-state index < -0.39 is 0 Å². The maximum absolute atomic E-state index is 13.7. The highest BCUT2D eigenvalue weighted by molar-refractivity contribution is 5.81. The lowest BCUT2D eigenvalue weighted by atomic mass is 10.2. The third-order valence-corrected chi connectivity index (χ3v) is 5.83. The molecule has 1 fully saturated rings. The molecule has 0 radical (unpaired) electrons. The second-order valence-electron chi connectivity index (χ2n) is 8.28. The Hall–Kier alpha value is -3.04. The number of imidazole rings is 1. The van der Waals surface area contributed by atoms with Gasteiger partial charge >= 0.3 is 0 Å². The van der Waals surface area contributed by atoms with Gasteiger partial charge in [0.05, 0.1) is 12.2 Å². The number of allylic oxidation sites excluding steroid dienone is 6. The van der Waals surface area contributed by atoms with Gasteiger partial charge in [-0.15, -0.1) is 0 Å². The van der Waals surface area contributed by atoms with Gasteiger partial charge in [0, 0.05) is 77.4 Å². The molecule has 184 valence electrons. The lowest BCUT2D eigenvalue weighted by Crippen LogP contribution is -2.50. The number of piperazine rings is 1. The molecular formula is C25H35FN6O2. The monoisotopic (exact) mass is 470 g/mol. The largest absolute Gasteiger partial charge is 0.385 e. The van der Waals surface area contributed by atoms with Gasteiger partial charge in [-0.3, -0.25) is 19.3 Å². The van der Waals surface area contributed by atoms with Crippen molar-refractivity contribution in [1.29, 1.82) is 0 Å². The predicted octanol–water partition coefficient (Wildman–Crippen LogP) is 3.06. The van der Waals surface area contributed by atoms with Gasteiger partial charge in [-0.05, 0) is 25.5 Å². The average molecular weight is 471 g/mol. The Morgan fingerprint density at radius 1 is 1.32 bits per heavy atom. The summed E-state index contributed by atoms with van der Waals surface area (Å²) in [5.41, 5.74) is 1.67. The van der Waals surface area contributed by atoms with E-state index in [1.807, 2.05) is 22.6 Å². The van der Waals surface area contributed by atoms with Crippen LogP contribution in [-0.4, -0.2) is 84.5 Å². The Morgan fingerprint density at radius 2 is 2.12 bits per heavy atom. The molecule has 9 heteroatoms. The van der Waals surface area contributed by atoms with Gasteiger partial charge in [0.1, 0.15) is 17.5 Å². The molecule has 1 aromatic rings. The minimum absolute atomic E-state index is 0.0556. The molecule has 2 aliphatic heterocycles. The van der Waals surface area contributed by atoms with Gasteiger partial charge in [-0.1, -0.05) is 18.7 Å². The van der Waals surface area contributed by atoms with Gasteiger partial charge in [0.2, 0.25) is 5.91 Å². The zero-order valence-corrected chi connectivity index (χ0v) is 20.2. The summed E-state index contributed by atoms with van der Waals surface area (Å²) in [5, 5.41) is 3.32. The van der Waals surface area contributed by atoms with E-state index in [4.69, 9.17) is 9.72 Å². The smallest absolute Gasteiger partial charge is 0.242 e. The Kier molecular flexibility index (Phi) is 9.78. The minimum Gasteiger partial charge on any atom is -0.385 e. The summed E-state index contributed by atoms with van der Waals surface area (Å²) in [4.78, 5) is 26.2. The molecule has 3 heterocycles. The number of nitrogens with zero attached hydrogens (tertiary/aromatic N) is 5. The van der Waals surface area contributed by atoms with E-state index in [-0.39, 0.29) is 18.3 Å². The van der Waals surface area contributed by atoms with E-state index in [2.05, 4.69) is 21.8 Å². The first kappa shape index (κ1) is 25.6. The first-order chi connectivity index (χ1) is 16.5. The van der Waals surface area contributed by atoms with Crippen molar-refractivity contribution in [3.63, 3.8) is 0 Å². The SMILES string of the molecule is C=C/C=C(F)\C=C/Cc1nc2n(c1NCC(=O)N1CCN(CCCOC)CC1)C(C)=CN=CC2. The number of hydrogen-bond donors (Lipinski definition) is 1. The van der Waals surface area contributed by atoms with Crippen molar-refractivity contribution in [2.45, 2.75) is 26.2 Å². The van der Waals surface area contributed by atoms with Crippen LogP contribution >= 0.6 is 0 Å². The van der Waals surface area contributed by atoms with Crippen LogP contribution in [0.15, 0.2) is 47.9 Å². The Bertz CT molecular complexity index is 970. The molecule has 0 aromatic carbocycles. The van der Waals surface area contributed by atoms with Crippen LogP contribution in [0.2, 0.25) is 0 Å². The van der Waals surface area contributed by atoms with Crippen LogP contribution in [0.3, 0.4) is 0 Å². The number of nitrogens with one attached hydrogen (secondary N) is 1. The topological polar surface area (TPSA) is 75.0 Å². The lowest BCUT2D eigenvalue weighted by molar-refractivity contribution is -0.131. The first-order valence-corrected chi connectivity index (χ1v) is 11.7. The fourth-order valence-electron chi connectivity index (χ4n) is 4.09. The molecule has 1 N–H and O–H groups in total. The summed E-state index contributed by atoms with van der Waals surface area (Å²) in [7, 11) is 1.72. The number of fused-ring (bicyclic) bond motifs is 1. The summed E-state index contributed by atoms with van der Waals surface area (Å²) in [6.07, 6.45) is 11.4. The number of rotatable bonds is 11. The second kappa shape index (κ2) is 13.0. The highest BCUT2D eigenvalue weighted by Gasteiger charge is 2.23. The molecule has 0 unspecified atom stereocenters. The van der Waals surface area contributed by atoms with Crippen molar-refractivity contribution >= 4 is 23.6 Å². The van der Waals surface area contributed by atoms with Gasteiger partial charge in [0.25, 0.3) is 0 Å². The number of carbonyl (C=O) groups is 1. The Labute approximate surface area is 201 Å². The van der Waals surface area contributed by atoms with Crippen LogP contribution in [0.5, 0.6) is 0 Å². The molecule has 0 aliphatic carbocycles. The maximum Gasteiger partial charge on any atom is 0.242 e. The number of aromatic nitrogens is 2. The molecule has 0 bridgehead atoms. The van der Waals surface area contributed by atoms with Gasteiger partial charge in [-0.2, -0.15) is 0 Å². The van der Waals surface area contributed by atoms with Crippen molar-refractivity contribution < 1.29 is 13.9 Å². The maximum atomic E-state index is 13.7. The molecule has 0 saturated carbocycles. The molecule has 1 amide bonds. The summed E-state index contributed by atoms with van der Waals surface area (Å²) < 4.78 is 20.8. The normalized spacial score (nSPS) is 17.0. The van der Waals surface area contributed by atoms with Crippen LogP contribution in [0.1, 0.15) is 24.9 Å². The number of anilines is 1. The van der Waals surface area contributed by atoms with E-state index >= 15 is 0 Å². The standard InChI is InChI=1S/C25H35FN6O2/c1-4-7-21(26)8-5-9-22-25(32-20(2)18-27-11-10-23(32)29-22)28-19-24(33)31-15-13-30(14-16-31)12-6-17-34-3/h4-5,7-8,11,18,28H,1,6,9-10,12-17,19H2,2-3H3/b8-5-,21-7+. The number of methoxy groups -OCH3 is 1. The van der Waals surface area contributed by atoms with Crippen molar-refractivity contribution in [2.75, 3.05) is 58.3 Å². The van der Waals surface area contributed by atoms with Crippen LogP contribution in [0, 0.1) is 0 Å². The van der Waals surface area contributed by atoms with E-state index in [1.54, 1.807) is 19.4 Å². The fourth-order valence-corrected chi connectivity index (χ4v) is 4.09. The third kappa shape index (κ3) is 6.98. The zero-order chi connectivity index (χ0) is 24.3. The number of carbonyl (C=O) groups excluding carboxylic acids is 1. The van der Waals surface area contributed by atoms with Crippen molar-refractivity contribution in [2.24, 2.45) is 4.99 Å². The molecule has 3 rings (SSSR count). The van der Waals surface area contributed by atoms with Crippen molar-refractivity contribution in [1.82, 2.24) is 19.4 Å². The number of amides is 1. The van der Waals surface area contributed by atoms with Gasteiger partial charge in [-0.25, -0.2) is 9.37 Å². The highest BCUT2D eigenvalue weighted by atomic mass is 19.1. The lowest BCUT2D eigenvalue weighted by Gasteiger charge is -2.34. The summed E-state index contributed by atoms with van der Waals surface area (Å²) in [6.45, 7) is 10.6. The molecular weight excluding hydrogens is 435 g/mol. The van der Waals surface area contributed by atoms with Crippen molar-refractivity contribution in [3.05, 3.63) is 54.4 Å². The van der Waals surface area contributed by atoms with Gasteiger partial charge in [0.15, 0.2) is 0 Å². The number of aliphatic imine (C=N–C) groups is 1. The fraction of sp³-hybridized carbons (Fsp3) is 0.480. The predicted molar refractivity (Wildman–Crippen MR) is 135 cm³/mol.